The summed E-state index contributed by atoms with van der Waals surface area (Å²) in [6, 6.07) is 13.1. The van der Waals surface area contributed by atoms with Gasteiger partial charge in [-0.05, 0) is 36.2 Å². The second-order valence-electron chi connectivity index (χ2n) is 5.75. The lowest BCUT2D eigenvalue weighted by atomic mass is 10.0. The Labute approximate surface area is 159 Å². The molecule has 0 bridgehead atoms. The molecule has 0 spiro atoms. The first-order valence-corrected chi connectivity index (χ1v) is 9.02. The summed E-state index contributed by atoms with van der Waals surface area (Å²) in [5, 5.41) is 2.88. The third-order valence-electron chi connectivity index (χ3n) is 3.92. The topological polar surface area (TPSA) is 72.7 Å². The van der Waals surface area contributed by atoms with Gasteiger partial charge >= 0.3 is 5.97 Å². The van der Waals surface area contributed by atoms with Crippen molar-refractivity contribution in [2.45, 2.75) is 19.4 Å². The average molecular weight is 416 g/mol. The molecule has 0 saturated carbocycles. The quantitative estimate of drug-likeness (QED) is 0.625. The van der Waals surface area contributed by atoms with Gasteiger partial charge in [0.2, 0.25) is 0 Å². The molecule has 3 aromatic rings. The number of ether oxygens (including phenoxy) is 1. The van der Waals surface area contributed by atoms with E-state index in [0.29, 0.717) is 5.65 Å². The molecule has 26 heavy (non-hydrogen) atoms. The Morgan fingerprint density at radius 2 is 2.00 bits per heavy atom. The Morgan fingerprint density at radius 1 is 1.23 bits per heavy atom. The highest BCUT2D eigenvalue weighted by Crippen LogP contribution is 2.19. The normalized spacial score (nSPS) is 11.9. The largest absolute Gasteiger partial charge is 0.451 e. The molecule has 0 aliphatic carbocycles. The number of hydrogen-bond donors (Lipinski definition) is 1. The van der Waals surface area contributed by atoms with E-state index in [9.17, 15) is 9.59 Å². The van der Waals surface area contributed by atoms with Crippen LogP contribution in [0.15, 0.2) is 59.3 Å². The lowest BCUT2D eigenvalue weighted by Gasteiger charge is -2.17. The van der Waals surface area contributed by atoms with Gasteiger partial charge < -0.3 is 14.5 Å². The van der Waals surface area contributed by atoms with Gasteiger partial charge in [-0.2, -0.15) is 0 Å². The standard InChI is InChI=1S/C19H18BrN3O3/c1-2-15(13-6-8-14(20)9-7-13)22-18(24)12-26-19(25)16-11-23-10-4-3-5-17(23)21-16/h3-11,15H,2,12H2,1H3,(H,22,24)/t15-/m0/s1. The monoisotopic (exact) mass is 415 g/mol. The number of carbonyl (C=O) groups is 2. The van der Waals surface area contributed by atoms with Crippen molar-refractivity contribution in [1.82, 2.24) is 14.7 Å². The zero-order valence-electron chi connectivity index (χ0n) is 14.2. The highest BCUT2D eigenvalue weighted by Gasteiger charge is 2.16. The molecule has 6 nitrogen and oxygen atoms in total. The SMILES string of the molecule is CC[C@H](NC(=O)COC(=O)c1cn2ccccc2n1)c1ccc(Br)cc1. The number of amides is 1. The van der Waals surface area contributed by atoms with E-state index >= 15 is 0 Å². The van der Waals surface area contributed by atoms with Crippen molar-refractivity contribution in [2.24, 2.45) is 0 Å². The van der Waals surface area contributed by atoms with Gasteiger partial charge in [-0.1, -0.05) is 41.1 Å². The zero-order valence-corrected chi connectivity index (χ0v) is 15.8. The van der Waals surface area contributed by atoms with Gasteiger partial charge in [0, 0.05) is 16.9 Å². The van der Waals surface area contributed by atoms with Gasteiger partial charge in [0.05, 0.1) is 6.04 Å². The predicted molar refractivity (Wildman–Crippen MR) is 101 cm³/mol. The number of rotatable bonds is 6. The van der Waals surface area contributed by atoms with Crippen molar-refractivity contribution in [3.05, 3.63) is 70.6 Å². The summed E-state index contributed by atoms with van der Waals surface area (Å²) in [5.41, 5.74) is 1.81. The second kappa shape index (κ2) is 8.14. The molecule has 1 aromatic carbocycles. The van der Waals surface area contributed by atoms with Crippen LogP contribution in [0, 0.1) is 0 Å². The molecular formula is C19H18BrN3O3. The fraction of sp³-hybridized carbons (Fsp3) is 0.211. The zero-order chi connectivity index (χ0) is 18.5. The van der Waals surface area contributed by atoms with Crippen LogP contribution in [0.4, 0.5) is 0 Å². The van der Waals surface area contributed by atoms with Gasteiger partial charge in [0.25, 0.3) is 5.91 Å². The molecule has 2 aromatic heterocycles. The number of pyridine rings is 1. The van der Waals surface area contributed by atoms with E-state index < -0.39 is 5.97 Å². The number of carbonyl (C=O) groups excluding carboxylic acids is 2. The molecule has 0 unspecified atom stereocenters. The first-order chi connectivity index (χ1) is 12.6. The molecule has 1 amide bonds. The lowest BCUT2D eigenvalue weighted by molar-refractivity contribution is -0.125. The molecule has 134 valence electrons. The Kier molecular flexibility index (Phi) is 5.68. The maximum atomic E-state index is 12.1. The highest BCUT2D eigenvalue weighted by molar-refractivity contribution is 9.10. The van der Waals surface area contributed by atoms with Crippen molar-refractivity contribution >= 4 is 33.5 Å². The number of benzene rings is 1. The summed E-state index contributed by atoms with van der Waals surface area (Å²) < 4.78 is 7.78. The van der Waals surface area contributed by atoms with Crippen LogP contribution in [0.5, 0.6) is 0 Å². The number of nitrogens with zero attached hydrogens (tertiary/aromatic N) is 2. The minimum Gasteiger partial charge on any atom is -0.451 e. The number of halogens is 1. The minimum atomic E-state index is -0.624. The summed E-state index contributed by atoms with van der Waals surface area (Å²) in [6.07, 6.45) is 4.09. The van der Waals surface area contributed by atoms with Crippen molar-refractivity contribution < 1.29 is 14.3 Å². The first kappa shape index (κ1) is 18.1. The molecule has 2 heterocycles. The number of aromatic nitrogens is 2. The number of nitrogens with one attached hydrogen (secondary N) is 1. The Hall–Kier alpha value is -2.67. The van der Waals surface area contributed by atoms with Crippen molar-refractivity contribution in [3.8, 4) is 0 Å². The van der Waals surface area contributed by atoms with Crippen LogP contribution in [-0.4, -0.2) is 27.9 Å². The summed E-state index contributed by atoms with van der Waals surface area (Å²) in [6.45, 7) is 1.63. The van der Waals surface area contributed by atoms with E-state index in [1.54, 1.807) is 22.9 Å². The lowest BCUT2D eigenvalue weighted by Crippen LogP contribution is -2.32. The third-order valence-corrected chi connectivity index (χ3v) is 4.45. The van der Waals surface area contributed by atoms with Gasteiger partial charge in [0.15, 0.2) is 12.3 Å². The van der Waals surface area contributed by atoms with Crippen molar-refractivity contribution in [1.29, 1.82) is 0 Å². The fourth-order valence-electron chi connectivity index (χ4n) is 2.59. The van der Waals surface area contributed by atoms with Crippen molar-refractivity contribution in [3.63, 3.8) is 0 Å². The van der Waals surface area contributed by atoms with E-state index in [1.807, 2.05) is 43.3 Å². The Morgan fingerprint density at radius 3 is 2.69 bits per heavy atom. The summed E-state index contributed by atoms with van der Waals surface area (Å²) in [5.74, 6) is -0.975. The minimum absolute atomic E-state index is 0.135. The van der Waals surface area contributed by atoms with E-state index in [2.05, 4.69) is 26.2 Å². The van der Waals surface area contributed by atoms with Crippen LogP contribution in [0.25, 0.3) is 5.65 Å². The van der Waals surface area contributed by atoms with Crippen LogP contribution in [0.1, 0.15) is 35.4 Å². The molecule has 0 aliphatic heterocycles. The van der Waals surface area contributed by atoms with Crippen LogP contribution in [0.2, 0.25) is 0 Å². The fourth-order valence-corrected chi connectivity index (χ4v) is 2.85. The molecule has 0 radical (unpaired) electrons. The third kappa shape index (κ3) is 4.29. The average Bonchev–Trinajstić information content (AvgIpc) is 3.09. The summed E-state index contributed by atoms with van der Waals surface area (Å²) in [4.78, 5) is 28.4. The molecule has 3 rings (SSSR count). The molecule has 1 N–H and O–H groups in total. The van der Waals surface area contributed by atoms with E-state index in [0.717, 1.165) is 16.5 Å². The molecule has 0 saturated heterocycles. The number of hydrogen-bond acceptors (Lipinski definition) is 4. The highest BCUT2D eigenvalue weighted by atomic mass is 79.9. The predicted octanol–water partition coefficient (Wildman–Crippen LogP) is 3.52. The molecule has 7 heteroatoms. The molecule has 0 aliphatic rings. The second-order valence-corrected chi connectivity index (χ2v) is 6.66. The van der Waals surface area contributed by atoms with Gasteiger partial charge in [0.1, 0.15) is 5.65 Å². The smallest absolute Gasteiger partial charge is 0.359 e. The van der Waals surface area contributed by atoms with E-state index in [-0.39, 0.29) is 24.2 Å². The van der Waals surface area contributed by atoms with E-state index in [1.165, 1.54) is 0 Å². The van der Waals surface area contributed by atoms with Gasteiger partial charge in [-0.15, -0.1) is 0 Å². The van der Waals surface area contributed by atoms with Gasteiger partial charge in [-0.3, -0.25) is 4.79 Å². The van der Waals surface area contributed by atoms with Crippen LogP contribution in [0.3, 0.4) is 0 Å². The van der Waals surface area contributed by atoms with Crippen LogP contribution >= 0.6 is 15.9 Å². The Bertz CT molecular complexity index is 888. The molecular weight excluding hydrogens is 398 g/mol. The first-order valence-electron chi connectivity index (χ1n) is 8.22. The van der Waals surface area contributed by atoms with Crippen molar-refractivity contribution in [2.75, 3.05) is 6.61 Å². The van der Waals surface area contributed by atoms with E-state index in [4.69, 9.17) is 4.74 Å². The maximum absolute atomic E-state index is 12.1. The Balaban J connectivity index is 1.57. The number of imidazole rings is 1. The number of esters is 1. The molecule has 1 atom stereocenters. The molecule has 0 fully saturated rings. The maximum Gasteiger partial charge on any atom is 0.359 e. The van der Waals surface area contributed by atoms with Gasteiger partial charge in [-0.25, -0.2) is 9.78 Å². The van der Waals surface area contributed by atoms with Crippen LogP contribution < -0.4 is 5.32 Å². The summed E-state index contributed by atoms with van der Waals surface area (Å²) in [7, 11) is 0. The van der Waals surface area contributed by atoms with Crippen LogP contribution in [-0.2, 0) is 9.53 Å². The summed E-state index contributed by atoms with van der Waals surface area (Å²) >= 11 is 3.39. The number of fused-ring (bicyclic) bond motifs is 1.